The molecule has 0 unspecified atom stereocenters. The van der Waals surface area contributed by atoms with Crippen LogP contribution in [0.2, 0.25) is 5.02 Å². The van der Waals surface area contributed by atoms with Crippen LogP contribution in [0.3, 0.4) is 0 Å². The number of hydrogen-bond donors (Lipinski definition) is 1. The molecule has 0 saturated carbocycles. The number of aryl methyl sites for hydroxylation is 2. The van der Waals surface area contributed by atoms with E-state index < -0.39 is 0 Å². The summed E-state index contributed by atoms with van der Waals surface area (Å²) >= 11 is 6.07. The molecule has 2 aromatic rings. The summed E-state index contributed by atoms with van der Waals surface area (Å²) in [4.78, 5) is 25.5. The molecule has 6 nitrogen and oxygen atoms in total. The van der Waals surface area contributed by atoms with E-state index in [1.165, 1.54) is 0 Å². The van der Waals surface area contributed by atoms with Crippen LogP contribution in [0.15, 0.2) is 24.3 Å². The molecule has 1 aliphatic heterocycles. The zero-order chi connectivity index (χ0) is 18.0. The van der Waals surface area contributed by atoms with Crippen LogP contribution in [0.25, 0.3) is 0 Å². The van der Waals surface area contributed by atoms with Gasteiger partial charge >= 0.3 is 0 Å². The molecule has 1 fully saturated rings. The maximum atomic E-state index is 12.8. The molecule has 1 amide bonds. The zero-order valence-electron chi connectivity index (χ0n) is 14.7. The highest BCUT2D eigenvalue weighted by molar-refractivity contribution is 6.30. The molecule has 3 rings (SSSR count). The van der Waals surface area contributed by atoms with Gasteiger partial charge in [0.2, 0.25) is 0 Å². The van der Waals surface area contributed by atoms with E-state index in [1.807, 2.05) is 30.0 Å². The second kappa shape index (κ2) is 7.37. The SMILES string of the molecule is Cc1nc(Nc2cc(Cl)ccc2C)cc(C(=O)N2CCN(C)CC2)n1. The van der Waals surface area contributed by atoms with Crippen molar-refractivity contribution in [1.29, 1.82) is 0 Å². The van der Waals surface area contributed by atoms with E-state index >= 15 is 0 Å². The molecule has 25 heavy (non-hydrogen) atoms. The van der Waals surface area contributed by atoms with E-state index in [2.05, 4.69) is 27.2 Å². The minimum atomic E-state index is -0.0514. The summed E-state index contributed by atoms with van der Waals surface area (Å²) in [5.74, 6) is 1.10. The quantitative estimate of drug-likeness (QED) is 0.913. The molecule has 1 N–H and O–H groups in total. The lowest BCUT2D eigenvalue weighted by atomic mass is 10.2. The Morgan fingerprint density at radius 2 is 1.84 bits per heavy atom. The molecule has 2 heterocycles. The summed E-state index contributed by atoms with van der Waals surface area (Å²) in [6.45, 7) is 6.97. The maximum Gasteiger partial charge on any atom is 0.272 e. The molecular formula is C18H22ClN5O. The third kappa shape index (κ3) is 4.27. The van der Waals surface area contributed by atoms with E-state index in [4.69, 9.17) is 11.6 Å². The molecule has 132 valence electrons. The number of carbonyl (C=O) groups is 1. The topological polar surface area (TPSA) is 61.4 Å². The van der Waals surface area contributed by atoms with E-state index in [1.54, 1.807) is 13.0 Å². The third-order valence-electron chi connectivity index (χ3n) is 4.31. The number of nitrogens with one attached hydrogen (secondary N) is 1. The van der Waals surface area contributed by atoms with Crippen LogP contribution < -0.4 is 5.32 Å². The van der Waals surface area contributed by atoms with Crippen LogP contribution in [0.1, 0.15) is 21.9 Å². The Morgan fingerprint density at radius 3 is 2.56 bits per heavy atom. The maximum absolute atomic E-state index is 12.8. The average molecular weight is 360 g/mol. The first-order valence-corrected chi connectivity index (χ1v) is 8.67. The van der Waals surface area contributed by atoms with Crippen LogP contribution in [0, 0.1) is 13.8 Å². The molecule has 1 aromatic carbocycles. The standard InChI is InChI=1S/C18H22ClN5O/c1-12-4-5-14(19)10-15(12)22-17-11-16(20-13(2)21-17)18(25)24-8-6-23(3)7-9-24/h4-5,10-11H,6-9H2,1-3H3,(H,20,21,22). The van der Waals surface area contributed by atoms with Crippen molar-refractivity contribution >= 4 is 29.0 Å². The number of piperazine rings is 1. The van der Waals surface area contributed by atoms with Crippen LogP contribution in [-0.2, 0) is 0 Å². The largest absolute Gasteiger partial charge is 0.340 e. The van der Waals surface area contributed by atoms with Gasteiger partial charge in [0.15, 0.2) is 0 Å². The van der Waals surface area contributed by atoms with Crippen LogP contribution in [0.5, 0.6) is 0 Å². The van der Waals surface area contributed by atoms with Gasteiger partial charge in [-0.25, -0.2) is 9.97 Å². The smallest absolute Gasteiger partial charge is 0.272 e. The normalized spacial score (nSPS) is 15.3. The van der Waals surface area contributed by atoms with Crippen molar-refractivity contribution in [3.05, 3.63) is 46.4 Å². The fraction of sp³-hybridized carbons (Fsp3) is 0.389. The molecule has 1 saturated heterocycles. The Kier molecular flexibility index (Phi) is 5.20. The van der Waals surface area contributed by atoms with Gasteiger partial charge in [0.05, 0.1) is 0 Å². The number of aromatic nitrogens is 2. The predicted molar refractivity (Wildman–Crippen MR) is 99.6 cm³/mol. The van der Waals surface area contributed by atoms with E-state index in [0.717, 1.165) is 24.3 Å². The lowest BCUT2D eigenvalue weighted by Crippen LogP contribution is -2.47. The number of benzene rings is 1. The van der Waals surface area contributed by atoms with Crippen molar-refractivity contribution in [2.45, 2.75) is 13.8 Å². The lowest BCUT2D eigenvalue weighted by Gasteiger charge is -2.32. The Morgan fingerprint density at radius 1 is 1.12 bits per heavy atom. The van der Waals surface area contributed by atoms with Crippen molar-refractivity contribution < 1.29 is 4.79 Å². The minimum Gasteiger partial charge on any atom is -0.340 e. The summed E-state index contributed by atoms with van der Waals surface area (Å²) in [6, 6.07) is 7.33. The number of halogens is 1. The molecule has 0 atom stereocenters. The summed E-state index contributed by atoms with van der Waals surface area (Å²) in [5, 5.41) is 3.89. The average Bonchev–Trinajstić information content (AvgIpc) is 2.58. The van der Waals surface area contributed by atoms with Gasteiger partial charge in [-0.15, -0.1) is 0 Å². The van der Waals surface area contributed by atoms with Gasteiger partial charge in [-0.05, 0) is 38.6 Å². The molecule has 0 bridgehead atoms. The third-order valence-corrected chi connectivity index (χ3v) is 4.55. The highest BCUT2D eigenvalue weighted by Gasteiger charge is 2.22. The Hall–Kier alpha value is -2.18. The van der Waals surface area contributed by atoms with Crippen LogP contribution in [-0.4, -0.2) is 58.9 Å². The summed E-state index contributed by atoms with van der Waals surface area (Å²) in [7, 11) is 2.06. The highest BCUT2D eigenvalue weighted by Crippen LogP contribution is 2.24. The van der Waals surface area contributed by atoms with Crippen molar-refractivity contribution in [2.24, 2.45) is 0 Å². The van der Waals surface area contributed by atoms with Crippen molar-refractivity contribution in [1.82, 2.24) is 19.8 Å². The monoisotopic (exact) mass is 359 g/mol. The summed E-state index contributed by atoms with van der Waals surface area (Å²) in [6.07, 6.45) is 0. The Bertz CT molecular complexity index is 787. The Labute approximate surface area is 152 Å². The number of carbonyl (C=O) groups excluding carboxylic acids is 1. The molecule has 1 aromatic heterocycles. The van der Waals surface area contributed by atoms with Crippen molar-refractivity contribution in [2.75, 3.05) is 38.5 Å². The summed E-state index contributed by atoms with van der Waals surface area (Å²) in [5.41, 5.74) is 2.33. The van der Waals surface area contributed by atoms with E-state index in [9.17, 15) is 4.79 Å². The molecule has 0 radical (unpaired) electrons. The number of amides is 1. The van der Waals surface area contributed by atoms with Crippen molar-refractivity contribution in [3.8, 4) is 0 Å². The predicted octanol–water partition coefficient (Wildman–Crippen LogP) is 2.88. The number of anilines is 2. The van der Waals surface area contributed by atoms with Gasteiger partial charge in [-0.1, -0.05) is 17.7 Å². The molecule has 7 heteroatoms. The van der Waals surface area contributed by atoms with Crippen molar-refractivity contribution in [3.63, 3.8) is 0 Å². The number of likely N-dealkylation sites (N-methyl/N-ethyl adjacent to an activating group) is 1. The lowest BCUT2D eigenvalue weighted by molar-refractivity contribution is 0.0658. The van der Waals surface area contributed by atoms with Gasteiger partial charge in [0, 0.05) is 43.0 Å². The number of hydrogen-bond acceptors (Lipinski definition) is 5. The molecule has 0 spiro atoms. The number of nitrogens with zero attached hydrogens (tertiary/aromatic N) is 4. The fourth-order valence-electron chi connectivity index (χ4n) is 2.78. The second-order valence-electron chi connectivity index (χ2n) is 6.37. The zero-order valence-corrected chi connectivity index (χ0v) is 15.5. The Balaban J connectivity index is 1.83. The first-order valence-electron chi connectivity index (χ1n) is 8.29. The van der Waals surface area contributed by atoms with Crippen LogP contribution >= 0.6 is 11.6 Å². The van der Waals surface area contributed by atoms with Gasteiger partial charge in [0.1, 0.15) is 17.3 Å². The van der Waals surface area contributed by atoms with Gasteiger partial charge < -0.3 is 15.1 Å². The fourth-order valence-corrected chi connectivity index (χ4v) is 2.95. The minimum absolute atomic E-state index is 0.0514. The van der Waals surface area contributed by atoms with Gasteiger partial charge in [-0.2, -0.15) is 0 Å². The number of rotatable bonds is 3. The van der Waals surface area contributed by atoms with E-state index in [-0.39, 0.29) is 5.91 Å². The second-order valence-corrected chi connectivity index (χ2v) is 6.80. The van der Waals surface area contributed by atoms with Crippen LogP contribution in [0.4, 0.5) is 11.5 Å². The molecule has 0 aliphatic carbocycles. The highest BCUT2D eigenvalue weighted by atomic mass is 35.5. The van der Waals surface area contributed by atoms with Gasteiger partial charge in [0.25, 0.3) is 5.91 Å². The first kappa shape index (κ1) is 17.6. The molecule has 1 aliphatic rings. The first-order chi connectivity index (χ1) is 11.9. The molecular weight excluding hydrogens is 338 g/mol. The summed E-state index contributed by atoms with van der Waals surface area (Å²) < 4.78 is 0. The van der Waals surface area contributed by atoms with E-state index in [0.29, 0.717) is 35.4 Å². The van der Waals surface area contributed by atoms with Gasteiger partial charge in [-0.3, -0.25) is 4.79 Å².